The molecule has 0 amide bonds. The molecule has 0 saturated heterocycles. The van der Waals surface area contributed by atoms with Crippen LogP contribution in [0, 0.1) is 0 Å². The van der Waals surface area contributed by atoms with E-state index in [9.17, 15) is 0 Å². The highest BCUT2D eigenvalue weighted by Gasteiger charge is 2.39. The van der Waals surface area contributed by atoms with Gasteiger partial charge in [-0.05, 0) is 14.1 Å². The Morgan fingerprint density at radius 3 is 1.33 bits per heavy atom. The lowest BCUT2D eigenvalue weighted by Crippen LogP contribution is -2.72. The number of nitrogens with two attached hydrogens (primary N) is 1. The van der Waals surface area contributed by atoms with Gasteiger partial charge in [0.1, 0.15) is 16.5 Å². The Hall–Kier alpha value is 0.314. The summed E-state index contributed by atoms with van der Waals surface area (Å²) in [6, 6.07) is 0. The maximum atomic E-state index is 6.25. The van der Waals surface area contributed by atoms with Crippen LogP contribution in [0.2, 0.25) is 26.2 Å². The fourth-order valence-corrected chi connectivity index (χ4v) is 9.92. The molecular formula is C7H23N3Si2. The van der Waals surface area contributed by atoms with E-state index in [4.69, 9.17) is 5.73 Å². The van der Waals surface area contributed by atoms with Crippen molar-refractivity contribution in [3.63, 3.8) is 0 Å². The summed E-state index contributed by atoms with van der Waals surface area (Å²) in [6.07, 6.45) is 0. The topological polar surface area (TPSA) is 50.1 Å². The fourth-order valence-electron chi connectivity index (χ4n) is 1.21. The molecule has 0 saturated carbocycles. The zero-order valence-corrected chi connectivity index (χ0v) is 11.2. The zero-order chi connectivity index (χ0) is 9.99. The molecule has 0 rings (SSSR count). The molecule has 0 aromatic carbocycles. The Morgan fingerprint density at radius 2 is 1.17 bits per heavy atom. The lowest BCUT2D eigenvalue weighted by molar-refractivity contribution is 0.976. The van der Waals surface area contributed by atoms with E-state index in [0.29, 0.717) is 5.29 Å². The quantitative estimate of drug-likeness (QED) is 0.577. The third-order valence-corrected chi connectivity index (χ3v) is 12.9. The molecule has 4 N–H and O–H groups in total. The third-order valence-electron chi connectivity index (χ3n) is 2.84. The summed E-state index contributed by atoms with van der Waals surface area (Å²) in [5, 5.41) is 0.347. The predicted molar refractivity (Wildman–Crippen MR) is 61.1 cm³/mol. The van der Waals surface area contributed by atoms with Crippen LogP contribution in [0.4, 0.5) is 0 Å². The Kier molecular flexibility index (Phi) is 4.12. The van der Waals surface area contributed by atoms with Crippen molar-refractivity contribution in [3.05, 3.63) is 0 Å². The number of rotatable bonds is 4. The predicted octanol–water partition coefficient (Wildman–Crippen LogP) is 0.241. The minimum absolute atomic E-state index is 0.347. The first-order valence-electron chi connectivity index (χ1n) is 4.41. The second kappa shape index (κ2) is 4.01. The smallest absolute Gasteiger partial charge is 0.134 e. The van der Waals surface area contributed by atoms with Crippen molar-refractivity contribution in [2.45, 2.75) is 31.5 Å². The fraction of sp³-hybridized carbons (Fsp3) is 1.00. The van der Waals surface area contributed by atoms with Gasteiger partial charge in [-0.25, -0.2) is 0 Å². The second-order valence-electron chi connectivity index (χ2n) is 4.42. The van der Waals surface area contributed by atoms with Gasteiger partial charge < -0.3 is 15.7 Å². The zero-order valence-electron chi connectivity index (χ0n) is 9.15. The van der Waals surface area contributed by atoms with Crippen molar-refractivity contribution in [1.29, 1.82) is 0 Å². The second-order valence-corrected chi connectivity index (χ2v) is 14.1. The minimum atomic E-state index is -1.41. The van der Waals surface area contributed by atoms with Crippen LogP contribution < -0.4 is 15.7 Å². The largest absolute Gasteiger partial charge is 0.339 e. The van der Waals surface area contributed by atoms with E-state index < -0.39 is 16.5 Å². The SMILES string of the molecule is CN[Si](C)(C)C(N)[Si](C)(C)NC. The highest BCUT2D eigenvalue weighted by atomic mass is 28.4. The van der Waals surface area contributed by atoms with Crippen LogP contribution in [0.3, 0.4) is 0 Å². The van der Waals surface area contributed by atoms with E-state index in [-0.39, 0.29) is 0 Å². The van der Waals surface area contributed by atoms with Crippen LogP contribution in [0.1, 0.15) is 0 Å². The van der Waals surface area contributed by atoms with Gasteiger partial charge in [0.25, 0.3) is 0 Å². The molecule has 0 fully saturated rings. The van der Waals surface area contributed by atoms with Crippen molar-refractivity contribution < 1.29 is 0 Å². The summed E-state index contributed by atoms with van der Waals surface area (Å²) in [5.74, 6) is 0. The summed E-state index contributed by atoms with van der Waals surface area (Å²) in [7, 11) is 1.22. The van der Waals surface area contributed by atoms with Gasteiger partial charge in [-0.3, -0.25) is 0 Å². The van der Waals surface area contributed by atoms with Crippen LogP contribution in [0.15, 0.2) is 0 Å². The van der Waals surface area contributed by atoms with Crippen molar-refractivity contribution in [2.75, 3.05) is 14.1 Å². The molecule has 0 radical (unpaired) electrons. The Morgan fingerprint density at radius 1 is 0.917 bits per heavy atom. The molecule has 3 nitrogen and oxygen atoms in total. The summed E-state index contributed by atoms with van der Waals surface area (Å²) < 4.78 is 0. The molecule has 0 aliphatic rings. The monoisotopic (exact) mass is 205 g/mol. The molecule has 12 heavy (non-hydrogen) atoms. The average Bonchev–Trinajstić information content (AvgIpc) is 2.03. The van der Waals surface area contributed by atoms with Crippen LogP contribution in [0.25, 0.3) is 0 Å². The maximum absolute atomic E-state index is 6.25. The summed E-state index contributed by atoms with van der Waals surface area (Å²) in [4.78, 5) is 6.78. The van der Waals surface area contributed by atoms with Gasteiger partial charge >= 0.3 is 0 Å². The molecule has 0 aromatic heterocycles. The molecule has 0 atom stereocenters. The van der Waals surface area contributed by atoms with Crippen molar-refractivity contribution in [1.82, 2.24) is 9.96 Å². The van der Waals surface area contributed by atoms with E-state index >= 15 is 0 Å². The Balaban J connectivity index is 4.47. The van der Waals surface area contributed by atoms with E-state index in [1.165, 1.54) is 0 Å². The summed E-state index contributed by atoms with van der Waals surface area (Å²) in [6.45, 7) is 9.13. The molecule has 0 aliphatic carbocycles. The highest BCUT2D eigenvalue weighted by Crippen LogP contribution is 2.11. The van der Waals surface area contributed by atoms with E-state index in [0.717, 1.165) is 0 Å². The first kappa shape index (κ1) is 12.3. The van der Waals surface area contributed by atoms with Gasteiger partial charge in [0, 0.05) is 5.29 Å². The van der Waals surface area contributed by atoms with Crippen LogP contribution in [-0.2, 0) is 0 Å². The molecule has 0 heterocycles. The number of hydrogen-bond acceptors (Lipinski definition) is 3. The van der Waals surface area contributed by atoms with Gasteiger partial charge in [-0.15, -0.1) is 0 Å². The summed E-state index contributed by atoms with van der Waals surface area (Å²) >= 11 is 0. The molecule has 0 spiro atoms. The lowest BCUT2D eigenvalue weighted by atomic mass is 11.5. The Bertz CT molecular complexity index is 132. The van der Waals surface area contributed by atoms with Crippen LogP contribution in [0.5, 0.6) is 0 Å². The maximum Gasteiger partial charge on any atom is 0.134 e. The van der Waals surface area contributed by atoms with Crippen LogP contribution >= 0.6 is 0 Å². The van der Waals surface area contributed by atoms with Gasteiger partial charge in [0.2, 0.25) is 0 Å². The molecule has 0 bridgehead atoms. The standard InChI is InChI=1S/C7H23N3Si2/c1-9-11(3,4)7(8)12(5,6)10-2/h7,9-10H,8H2,1-6H3. The molecule has 0 aromatic rings. The first-order chi connectivity index (χ1) is 5.28. The van der Waals surface area contributed by atoms with Gasteiger partial charge in [0.15, 0.2) is 0 Å². The van der Waals surface area contributed by atoms with Crippen molar-refractivity contribution in [3.8, 4) is 0 Å². The average molecular weight is 205 g/mol. The normalized spacial score (nSPS) is 14.0. The van der Waals surface area contributed by atoms with Crippen molar-refractivity contribution >= 4 is 16.5 Å². The summed E-state index contributed by atoms with van der Waals surface area (Å²) in [5.41, 5.74) is 6.25. The molecule has 5 heteroatoms. The lowest BCUT2D eigenvalue weighted by Gasteiger charge is -2.38. The van der Waals surface area contributed by atoms with E-state index in [1.54, 1.807) is 0 Å². The highest BCUT2D eigenvalue weighted by molar-refractivity contribution is 6.95. The van der Waals surface area contributed by atoms with Gasteiger partial charge in [-0.1, -0.05) is 26.2 Å². The Labute approximate surface area is 78.3 Å². The van der Waals surface area contributed by atoms with Gasteiger partial charge in [-0.2, -0.15) is 0 Å². The number of nitrogens with one attached hydrogen (secondary N) is 2. The van der Waals surface area contributed by atoms with Crippen LogP contribution in [-0.4, -0.2) is 35.9 Å². The van der Waals surface area contributed by atoms with E-state index in [1.807, 2.05) is 14.1 Å². The third kappa shape index (κ3) is 2.67. The van der Waals surface area contributed by atoms with E-state index in [2.05, 4.69) is 36.2 Å². The number of hydrogen-bond donors (Lipinski definition) is 3. The minimum Gasteiger partial charge on any atom is -0.339 e. The molecule has 74 valence electrons. The molecular weight excluding hydrogens is 182 g/mol. The first-order valence-corrected chi connectivity index (χ1v) is 10.6. The molecule has 0 aliphatic heterocycles. The van der Waals surface area contributed by atoms with Gasteiger partial charge in [0.05, 0.1) is 0 Å². The van der Waals surface area contributed by atoms with Crippen molar-refractivity contribution in [2.24, 2.45) is 5.73 Å². The molecule has 0 unspecified atom stereocenters.